The molecule has 1 aromatic heterocycles. The van der Waals surface area contributed by atoms with E-state index in [-0.39, 0.29) is 5.56 Å². The summed E-state index contributed by atoms with van der Waals surface area (Å²) >= 11 is 0. The molecule has 1 heterocycles. The molecular weight excluding hydrogens is 315 g/mol. The molecule has 6 nitrogen and oxygen atoms in total. The fourth-order valence-electron chi connectivity index (χ4n) is 1.63. The Morgan fingerprint density at radius 2 is 1.78 bits per heavy atom. The van der Waals surface area contributed by atoms with E-state index in [2.05, 4.69) is 10.3 Å². The molecule has 1 aromatic carbocycles. The van der Waals surface area contributed by atoms with E-state index < -0.39 is 47.1 Å². The number of pyridine rings is 1. The molecule has 0 unspecified atom stereocenters. The number of hydrogen-bond acceptors (Lipinski definition) is 3. The molecule has 0 aliphatic carbocycles. The van der Waals surface area contributed by atoms with E-state index in [4.69, 9.17) is 0 Å². The summed E-state index contributed by atoms with van der Waals surface area (Å²) in [5.74, 6) is -6.12. The van der Waals surface area contributed by atoms with Gasteiger partial charge in [0.15, 0.2) is 17.5 Å². The maximum atomic E-state index is 13.4. The molecule has 0 saturated heterocycles. The quantitative estimate of drug-likeness (QED) is 0.737. The van der Waals surface area contributed by atoms with Crippen LogP contribution in [0.25, 0.3) is 0 Å². The van der Waals surface area contributed by atoms with Crippen LogP contribution in [-0.2, 0) is 4.79 Å². The molecule has 0 atom stereocenters. The Hall–Kier alpha value is -3.10. The smallest absolute Gasteiger partial charge is 0.253 e. The van der Waals surface area contributed by atoms with Crippen molar-refractivity contribution in [2.24, 2.45) is 0 Å². The number of nitrogens with one attached hydrogen (secondary N) is 3. The molecule has 0 spiro atoms. The van der Waals surface area contributed by atoms with Gasteiger partial charge in [0.05, 0.1) is 17.8 Å². The van der Waals surface area contributed by atoms with Crippen LogP contribution in [0.15, 0.2) is 35.3 Å². The second-order valence-corrected chi connectivity index (χ2v) is 4.40. The Balaban J connectivity index is 1.95. The molecule has 2 amide bonds. The highest BCUT2D eigenvalue weighted by Gasteiger charge is 2.15. The number of halogens is 3. The largest absolute Gasteiger partial charge is 0.343 e. The average Bonchev–Trinajstić information content (AvgIpc) is 2.54. The highest BCUT2D eigenvalue weighted by Crippen LogP contribution is 2.19. The Morgan fingerprint density at radius 3 is 2.43 bits per heavy atom. The lowest BCUT2D eigenvalue weighted by molar-refractivity contribution is -0.115. The topological polar surface area (TPSA) is 91.1 Å². The molecule has 9 heteroatoms. The number of hydrogen-bond donors (Lipinski definition) is 3. The van der Waals surface area contributed by atoms with Gasteiger partial charge < -0.3 is 15.6 Å². The zero-order valence-electron chi connectivity index (χ0n) is 11.5. The maximum absolute atomic E-state index is 13.4. The summed E-state index contributed by atoms with van der Waals surface area (Å²) in [7, 11) is 0. The Kier molecular flexibility index (Phi) is 4.79. The number of amides is 2. The van der Waals surface area contributed by atoms with E-state index in [1.165, 1.54) is 6.07 Å². The summed E-state index contributed by atoms with van der Waals surface area (Å²) < 4.78 is 39.1. The zero-order chi connectivity index (χ0) is 17.0. The van der Waals surface area contributed by atoms with Crippen molar-refractivity contribution in [2.45, 2.75) is 0 Å². The first kappa shape index (κ1) is 16.3. The number of anilines is 1. The first-order chi connectivity index (χ1) is 10.9. The molecule has 0 aliphatic heterocycles. The lowest BCUT2D eigenvalue weighted by atomic mass is 10.2. The van der Waals surface area contributed by atoms with Gasteiger partial charge in [-0.1, -0.05) is 0 Å². The van der Waals surface area contributed by atoms with Gasteiger partial charge in [0.2, 0.25) is 11.5 Å². The predicted octanol–water partition coefficient (Wildman–Crippen LogP) is 1.16. The van der Waals surface area contributed by atoms with Crippen LogP contribution in [0, 0.1) is 17.5 Å². The maximum Gasteiger partial charge on any atom is 0.253 e. The number of carbonyl (C=O) groups excluding carboxylic acids is 2. The van der Waals surface area contributed by atoms with Crippen LogP contribution in [0.3, 0.4) is 0 Å². The molecule has 0 bridgehead atoms. The predicted molar refractivity (Wildman–Crippen MR) is 74.3 cm³/mol. The third-order valence-corrected chi connectivity index (χ3v) is 2.77. The van der Waals surface area contributed by atoms with Gasteiger partial charge in [-0.05, 0) is 18.2 Å². The van der Waals surface area contributed by atoms with E-state index in [0.717, 1.165) is 18.3 Å². The van der Waals surface area contributed by atoms with Crippen LogP contribution in [-0.4, -0.2) is 23.3 Å². The van der Waals surface area contributed by atoms with E-state index >= 15 is 0 Å². The first-order valence-electron chi connectivity index (χ1n) is 6.29. The second kappa shape index (κ2) is 6.77. The molecular formula is C14H10F3N3O3. The third kappa shape index (κ3) is 3.96. The van der Waals surface area contributed by atoms with E-state index in [0.29, 0.717) is 6.07 Å². The molecule has 2 rings (SSSR count). The third-order valence-electron chi connectivity index (χ3n) is 2.77. The summed E-state index contributed by atoms with van der Waals surface area (Å²) in [6.45, 7) is -0.531. The van der Waals surface area contributed by atoms with E-state index in [1.54, 1.807) is 0 Å². The van der Waals surface area contributed by atoms with Crippen molar-refractivity contribution in [3.8, 4) is 0 Å². The minimum absolute atomic E-state index is 0.108. The zero-order valence-corrected chi connectivity index (χ0v) is 11.5. The van der Waals surface area contributed by atoms with Gasteiger partial charge in [-0.3, -0.25) is 14.4 Å². The van der Waals surface area contributed by atoms with Gasteiger partial charge in [-0.25, -0.2) is 13.2 Å². The van der Waals surface area contributed by atoms with Gasteiger partial charge >= 0.3 is 0 Å². The lowest BCUT2D eigenvalue weighted by Crippen LogP contribution is -2.33. The summed E-state index contributed by atoms with van der Waals surface area (Å²) in [6, 6.07) is 3.90. The van der Waals surface area contributed by atoms with Crippen molar-refractivity contribution in [1.29, 1.82) is 0 Å². The number of carbonyl (C=O) groups is 2. The van der Waals surface area contributed by atoms with Crippen LogP contribution < -0.4 is 16.2 Å². The Bertz CT molecular complexity index is 800. The summed E-state index contributed by atoms with van der Waals surface area (Å²) in [5, 5.41) is 4.22. The SMILES string of the molecule is O=C(CNC(=O)c1ccc(=O)[nH]c1)Nc1ccc(F)c(F)c1F. The number of H-pyrrole nitrogens is 1. The van der Waals surface area contributed by atoms with Crippen molar-refractivity contribution in [1.82, 2.24) is 10.3 Å². The van der Waals surface area contributed by atoms with Crippen molar-refractivity contribution in [2.75, 3.05) is 11.9 Å². The molecule has 0 fully saturated rings. The van der Waals surface area contributed by atoms with Crippen LogP contribution >= 0.6 is 0 Å². The molecule has 23 heavy (non-hydrogen) atoms. The molecule has 2 aromatic rings. The fourth-order valence-corrected chi connectivity index (χ4v) is 1.63. The van der Waals surface area contributed by atoms with Crippen LogP contribution in [0.2, 0.25) is 0 Å². The van der Waals surface area contributed by atoms with Crippen LogP contribution in [0.1, 0.15) is 10.4 Å². The highest BCUT2D eigenvalue weighted by atomic mass is 19.2. The normalized spacial score (nSPS) is 10.2. The minimum atomic E-state index is -1.71. The van der Waals surface area contributed by atoms with Gasteiger partial charge in [-0.2, -0.15) is 0 Å². The van der Waals surface area contributed by atoms with Crippen molar-refractivity contribution in [3.63, 3.8) is 0 Å². The molecule has 0 radical (unpaired) electrons. The lowest BCUT2D eigenvalue weighted by Gasteiger charge is -2.08. The Morgan fingerprint density at radius 1 is 1.04 bits per heavy atom. The van der Waals surface area contributed by atoms with Gasteiger partial charge in [0.25, 0.3) is 5.91 Å². The second-order valence-electron chi connectivity index (χ2n) is 4.40. The molecule has 0 saturated carbocycles. The summed E-state index contributed by atoms with van der Waals surface area (Å²) in [6.07, 6.45) is 1.16. The molecule has 120 valence electrons. The fraction of sp³-hybridized carbons (Fsp3) is 0.0714. The number of aromatic nitrogens is 1. The number of aromatic amines is 1. The van der Waals surface area contributed by atoms with E-state index in [1.807, 2.05) is 5.32 Å². The highest BCUT2D eigenvalue weighted by molar-refractivity contribution is 5.99. The van der Waals surface area contributed by atoms with Gasteiger partial charge in [0, 0.05) is 12.3 Å². The average molecular weight is 325 g/mol. The van der Waals surface area contributed by atoms with Gasteiger partial charge in [0.1, 0.15) is 0 Å². The standard InChI is InChI=1S/C14H10F3N3O3/c15-8-2-3-9(13(17)12(8)16)20-11(22)6-19-14(23)7-1-4-10(21)18-5-7/h1-5H,6H2,(H,18,21)(H,19,23)(H,20,22). The van der Waals surface area contributed by atoms with Crippen LogP contribution in [0.4, 0.5) is 18.9 Å². The van der Waals surface area contributed by atoms with E-state index in [9.17, 15) is 27.6 Å². The van der Waals surface area contributed by atoms with Gasteiger partial charge in [-0.15, -0.1) is 0 Å². The number of benzene rings is 1. The van der Waals surface area contributed by atoms with Crippen molar-refractivity contribution < 1.29 is 22.8 Å². The monoisotopic (exact) mass is 325 g/mol. The van der Waals surface area contributed by atoms with Crippen molar-refractivity contribution in [3.05, 3.63) is 63.8 Å². The summed E-state index contributed by atoms with van der Waals surface area (Å²) in [4.78, 5) is 36.4. The Labute approximate surface area is 127 Å². The van der Waals surface area contributed by atoms with Crippen molar-refractivity contribution >= 4 is 17.5 Å². The van der Waals surface area contributed by atoms with Crippen LogP contribution in [0.5, 0.6) is 0 Å². The molecule has 3 N–H and O–H groups in total. The summed E-state index contributed by atoms with van der Waals surface area (Å²) in [5.41, 5.74) is -0.836. The minimum Gasteiger partial charge on any atom is -0.343 e. The first-order valence-corrected chi connectivity index (χ1v) is 6.29. The molecule has 0 aliphatic rings. The number of rotatable bonds is 4.